The van der Waals surface area contributed by atoms with Crippen LogP contribution in [0.4, 0.5) is 5.69 Å². The van der Waals surface area contributed by atoms with Crippen LogP contribution in [0.1, 0.15) is 37.5 Å². The van der Waals surface area contributed by atoms with E-state index in [0.717, 1.165) is 27.3 Å². The van der Waals surface area contributed by atoms with Crippen molar-refractivity contribution in [3.63, 3.8) is 0 Å². The van der Waals surface area contributed by atoms with E-state index >= 15 is 0 Å². The summed E-state index contributed by atoms with van der Waals surface area (Å²) in [6.45, 7) is 8.76. The van der Waals surface area contributed by atoms with E-state index in [2.05, 4.69) is 5.32 Å². The molecule has 2 rings (SSSR count). The van der Waals surface area contributed by atoms with E-state index in [-0.39, 0.29) is 24.2 Å². The second-order valence-electron chi connectivity index (χ2n) is 8.49. The summed E-state index contributed by atoms with van der Waals surface area (Å²) in [5, 5.41) is 3.22. The zero-order valence-electron chi connectivity index (χ0n) is 19.9. The topological polar surface area (TPSA) is 86.8 Å². The van der Waals surface area contributed by atoms with Gasteiger partial charge in [-0.05, 0) is 63.4 Å². The van der Waals surface area contributed by atoms with Gasteiger partial charge in [-0.3, -0.25) is 13.9 Å². The van der Waals surface area contributed by atoms with Crippen molar-refractivity contribution in [3.8, 4) is 0 Å². The number of rotatable bonds is 9. The van der Waals surface area contributed by atoms with Gasteiger partial charge in [-0.2, -0.15) is 0 Å². The maximum atomic E-state index is 13.5. The van der Waals surface area contributed by atoms with Crippen LogP contribution < -0.4 is 9.62 Å². The molecule has 0 saturated carbocycles. The second-order valence-corrected chi connectivity index (χ2v) is 10.8. The fourth-order valence-electron chi connectivity index (χ4n) is 3.31. The first kappa shape index (κ1) is 26.7. The minimum absolute atomic E-state index is 0.0995. The van der Waals surface area contributed by atoms with Crippen LogP contribution in [-0.2, 0) is 26.2 Å². The summed E-state index contributed by atoms with van der Waals surface area (Å²) < 4.78 is 26.2. The molecule has 180 valence electrons. The van der Waals surface area contributed by atoms with Gasteiger partial charge in [0.05, 0.1) is 11.9 Å². The molecule has 33 heavy (non-hydrogen) atoms. The van der Waals surface area contributed by atoms with E-state index in [4.69, 9.17) is 11.6 Å². The number of nitrogens with one attached hydrogen (secondary N) is 1. The van der Waals surface area contributed by atoms with Gasteiger partial charge >= 0.3 is 0 Å². The third kappa shape index (κ3) is 7.20. The van der Waals surface area contributed by atoms with Crippen LogP contribution in [0.15, 0.2) is 42.5 Å². The molecule has 9 heteroatoms. The van der Waals surface area contributed by atoms with Gasteiger partial charge < -0.3 is 10.2 Å². The molecule has 7 nitrogen and oxygen atoms in total. The first-order valence-electron chi connectivity index (χ1n) is 10.7. The van der Waals surface area contributed by atoms with E-state index in [0.29, 0.717) is 5.02 Å². The van der Waals surface area contributed by atoms with Crippen LogP contribution in [0.3, 0.4) is 0 Å². The van der Waals surface area contributed by atoms with E-state index in [9.17, 15) is 18.0 Å². The molecule has 0 fully saturated rings. The first-order valence-corrected chi connectivity index (χ1v) is 12.9. The molecule has 2 amide bonds. The predicted molar refractivity (Wildman–Crippen MR) is 133 cm³/mol. The van der Waals surface area contributed by atoms with Crippen molar-refractivity contribution in [1.82, 2.24) is 10.2 Å². The summed E-state index contributed by atoms with van der Waals surface area (Å²) in [5.41, 5.74) is 2.92. The Bertz CT molecular complexity index is 1120. The van der Waals surface area contributed by atoms with Crippen molar-refractivity contribution in [3.05, 3.63) is 64.2 Å². The third-order valence-corrected chi connectivity index (χ3v) is 6.87. The average Bonchev–Trinajstić information content (AvgIpc) is 2.71. The first-order chi connectivity index (χ1) is 15.3. The number of sulfonamides is 1. The number of anilines is 1. The lowest BCUT2D eigenvalue weighted by Crippen LogP contribution is -2.52. The highest BCUT2D eigenvalue weighted by Gasteiger charge is 2.30. The molecule has 0 spiro atoms. The van der Waals surface area contributed by atoms with Crippen molar-refractivity contribution in [2.75, 3.05) is 17.1 Å². The summed E-state index contributed by atoms with van der Waals surface area (Å²) in [6, 6.07) is 11.5. The SMILES string of the molecule is Cc1ccc(N(CC(=O)N(Cc2ccccc2C)[C@@H](C)C(=O)NC(C)C)S(C)(=O)=O)cc1Cl. The smallest absolute Gasteiger partial charge is 0.244 e. The number of carbonyl (C=O) groups excluding carboxylic acids is 2. The monoisotopic (exact) mass is 493 g/mol. The Hall–Kier alpha value is -2.58. The number of benzene rings is 2. The van der Waals surface area contributed by atoms with Gasteiger partial charge in [0.25, 0.3) is 0 Å². The van der Waals surface area contributed by atoms with E-state index in [1.54, 1.807) is 26.0 Å². The van der Waals surface area contributed by atoms with Crippen LogP contribution in [0.5, 0.6) is 0 Å². The van der Waals surface area contributed by atoms with Crippen LogP contribution in [0.25, 0.3) is 0 Å². The van der Waals surface area contributed by atoms with Crippen molar-refractivity contribution in [1.29, 1.82) is 0 Å². The molecule has 1 atom stereocenters. The van der Waals surface area contributed by atoms with Gasteiger partial charge in [0, 0.05) is 17.6 Å². The lowest BCUT2D eigenvalue weighted by molar-refractivity contribution is -0.139. The van der Waals surface area contributed by atoms with Crippen molar-refractivity contribution in [2.24, 2.45) is 0 Å². The fourth-order valence-corrected chi connectivity index (χ4v) is 4.33. The van der Waals surface area contributed by atoms with Gasteiger partial charge in [0.15, 0.2) is 0 Å². The maximum Gasteiger partial charge on any atom is 0.244 e. The lowest BCUT2D eigenvalue weighted by Gasteiger charge is -2.32. The summed E-state index contributed by atoms with van der Waals surface area (Å²) in [5.74, 6) is -0.803. The summed E-state index contributed by atoms with van der Waals surface area (Å²) >= 11 is 6.20. The zero-order chi connectivity index (χ0) is 24.9. The van der Waals surface area contributed by atoms with E-state index in [1.165, 1.54) is 11.0 Å². The molecule has 0 radical (unpaired) electrons. The van der Waals surface area contributed by atoms with Crippen molar-refractivity contribution < 1.29 is 18.0 Å². The molecule has 1 N–H and O–H groups in total. The van der Waals surface area contributed by atoms with E-state index in [1.807, 2.05) is 45.0 Å². The summed E-state index contributed by atoms with van der Waals surface area (Å²) in [4.78, 5) is 27.6. The molecule has 0 aliphatic carbocycles. The van der Waals surface area contributed by atoms with Crippen LogP contribution in [0.2, 0.25) is 5.02 Å². The minimum Gasteiger partial charge on any atom is -0.352 e. The van der Waals surface area contributed by atoms with Crippen LogP contribution in [0, 0.1) is 13.8 Å². The molecule has 0 aromatic heterocycles. The number of carbonyl (C=O) groups is 2. The standard InChI is InChI=1S/C24H32ClN3O4S/c1-16(2)26-24(30)19(5)27(14-20-10-8-7-9-17(20)3)23(29)15-28(33(6,31)32)21-12-11-18(4)22(25)13-21/h7-13,16,19H,14-15H2,1-6H3,(H,26,30)/t19-/m0/s1. The Kier molecular flexibility index (Phi) is 8.91. The van der Waals surface area contributed by atoms with Crippen molar-refractivity contribution >= 4 is 39.1 Å². The highest BCUT2D eigenvalue weighted by atomic mass is 35.5. The van der Waals surface area contributed by atoms with Gasteiger partial charge in [0.2, 0.25) is 21.8 Å². The molecule has 2 aromatic rings. The Morgan fingerprint density at radius 2 is 1.67 bits per heavy atom. The zero-order valence-corrected chi connectivity index (χ0v) is 21.5. The largest absolute Gasteiger partial charge is 0.352 e. The molecule has 0 heterocycles. The average molecular weight is 494 g/mol. The highest BCUT2D eigenvalue weighted by molar-refractivity contribution is 7.92. The predicted octanol–water partition coefficient (Wildman–Crippen LogP) is 3.66. The molecule has 0 aliphatic rings. The quantitative estimate of drug-likeness (QED) is 0.577. The number of nitrogens with zero attached hydrogens (tertiary/aromatic N) is 2. The molecule has 0 saturated heterocycles. The maximum absolute atomic E-state index is 13.5. The van der Waals surface area contributed by atoms with Gasteiger partial charge in [-0.15, -0.1) is 0 Å². The highest BCUT2D eigenvalue weighted by Crippen LogP contribution is 2.25. The Morgan fingerprint density at radius 1 is 1.03 bits per heavy atom. The van der Waals surface area contributed by atoms with Gasteiger partial charge in [-0.1, -0.05) is 41.9 Å². The van der Waals surface area contributed by atoms with Gasteiger partial charge in [0.1, 0.15) is 12.6 Å². The molecular weight excluding hydrogens is 462 g/mol. The van der Waals surface area contributed by atoms with E-state index < -0.39 is 28.5 Å². The number of hydrogen-bond acceptors (Lipinski definition) is 4. The Morgan fingerprint density at radius 3 is 2.21 bits per heavy atom. The second kappa shape index (κ2) is 11.0. The minimum atomic E-state index is -3.80. The normalized spacial score (nSPS) is 12.4. The lowest BCUT2D eigenvalue weighted by atomic mass is 10.1. The van der Waals surface area contributed by atoms with Crippen LogP contribution in [-0.4, -0.2) is 50.0 Å². The van der Waals surface area contributed by atoms with Crippen LogP contribution >= 0.6 is 11.6 Å². The Balaban J connectivity index is 2.43. The Labute approximate surface area is 201 Å². The molecule has 2 aromatic carbocycles. The number of halogens is 1. The summed E-state index contributed by atoms with van der Waals surface area (Å²) in [7, 11) is -3.80. The number of amides is 2. The molecular formula is C24H32ClN3O4S. The van der Waals surface area contributed by atoms with Gasteiger partial charge in [-0.25, -0.2) is 8.42 Å². The fraction of sp³-hybridized carbons (Fsp3) is 0.417. The molecule has 0 aliphatic heterocycles. The third-order valence-electron chi connectivity index (χ3n) is 5.32. The number of aryl methyl sites for hydroxylation is 2. The number of hydrogen-bond donors (Lipinski definition) is 1. The molecule has 0 unspecified atom stereocenters. The van der Waals surface area contributed by atoms with Crippen molar-refractivity contribution in [2.45, 2.75) is 53.2 Å². The molecule has 0 bridgehead atoms. The summed E-state index contributed by atoms with van der Waals surface area (Å²) in [6.07, 6.45) is 1.04.